The predicted molar refractivity (Wildman–Crippen MR) is 83.3 cm³/mol. The maximum atomic E-state index is 12.2. The lowest BCUT2D eigenvalue weighted by molar-refractivity contribution is -0.131. The molecule has 0 atom stereocenters. The minimum Gasteiger partial charge on any atom is -0.478 e. The molecule has 0 spiro atoms. The van der Waals surface area contributed by atoms with Gasteiger partial charge in [-0.3, -0.25) is 9.78 Å². The van der Waals surface area contributed by atoms with Crippen LogP contribution in [0.15, 0.2) is 24.5 Å². The fourth-order valence-corrected chi connectivity index (χ4v) is 3.39. The molecule has 0 unspecified atom stereocenters. The zero-order valence-electron chi connectivity index (χ0n) is 11.6. The van der Waals surface area contributed by atoms with E-state index in [0.29, 0.717) is 23.6 Å². The van der Waals surface area contributed by atoms with Crippen LogP contribution in [0.5, 0.6) is 0 Å². The summed E-state index contributed by atoms with van der Waals surface area (Å²) >= 11 is 1.96. The lowest BCUT2D eigenvalue weighted by atomic mass is 10.0. The first kappa shape index (κ1) is 15.6. The summed E-state index contributed by atoms with van der Waals surface area (Å²) in [6.45, 7) is 0.670. The fourth-order valence-electron chi connectivity index (χ4n) is 2.19. The number of rotatable bonds is 5. The van der Waals surface area contributed by atoms with Gasteiger partial charge in [0.1, 0.15) is 0 Å². The number of carbonyl (C=O) groups excluding carboxylic acids is 1. The van der Waals surface area contributed by atoms with Crippen molar-refractivity contribution in [1.29, 1.82) is 0 Å². The molecule has 112 valence electrons. The molecule has 1 aliphatic heterocycles. The Hall–Kier alpha value is -1.82. The molecule has 0 aromatic carbocycles. The van der Waals surface area contributed by atoms with E-state index in [4.69, 9.17) is 5.11 Å². The normalized spacial score (nSPS) is 16.0. The van der Waals surface area contributed by atoms with Gasteiger partial charge in [0.2, 0.25) is 0 Å². The molecule has 1 fully saturated rings. The van der Waals surface area contributed by atoms with Crippen molar-refractivity contribution in [2.45, 2.75) is 12.8 Å². The summed E-state index contributed by atoms with van der Waals surface area (Å²) in [5.74, 6) is 1.62. The van der Waals surface area contributed by atoms with Gasteiger partial charge in [-0.15, -0.1) is 0 Å². The van der Waals surface area contributed by atoms with Crippen LogP contribution in [0.2, 0.25) is 0 Å². The number of carbonyl (C=O) groups is 2. The molecule has 2 rings (SSSR count). The molecule has 2 N–H and O–H groups in total. The standard InChI is InChI=1S/C15H18N2O3S/c18-14(19)2-1-12-10-16-6-3-13(12)15(20)17-9-11-4-7-21-8-5-11/h1-3,6,10-11H,4-5,7-9H2,(H,17,20)(H,18,19)/b2-1+. The Labute approximate surface area is 127 Å². The maximum absolute atomic E-state index is 12.2. The van der Waals surface area contributed by atoms with Crippen LogP contribution in [-0.2, 0) is 4.79 Å². The van der Waals surface area contributed by atoms with E-state index < -0.39 is 5.97 Å². The third-order valence-corrected chi connectivity index (χ3v) is 4.44. The smallest absolute Gasteiger partial charge is 0.328 e. The minimum absolute atomic E-state index is 0.180. The highest BCUT2D eigenvalue weighted by molar-refractivity contribution is 7.99. The van der Waals surface area contributed by atoms with E-state index >= 15 is 0 Å². The molecule has 1 aromatic heterocycles. The second kappa shape index (κ2) is 7.83. The van der Waals surface area contributed by atoms with Crippen molar-refractivity contribution in [3.63, 3.8) is 0 Å². The number of nitrogens with zero attached hydrogens (tertiary/aromatic N) is 1. The third-order valence-electron chi connectivity index (χ3n) is 3.39. The molecule has 1 amide bonds. The van der Waals surface area contributed by atoms with E-state index in [1.54, 1.807) is 6.07 Å². The van der Waals surface area contributed by atoms with Gasteiger partial charge in [0, 0.05) is 36.1 Å². The van der Waals surface area contributed by atoms with Crippen LogP contribution in [0.3, 0.4) is 0 Å². The summed E-state index contributed by atoms with van der Waals surface area (Å²) in [6.07, 6.45) is 7.68. The number of aliphatic carboxylic acids is 1. The van der Waals surface area contributed by atoms with Crippen LogP contribution in [0, 0.1) is 5.92 Å². The Kier molecular flexibility index (Phi) is 5.80. The molecule has 0 saturated carbocycles. The Morgan fingerprint density at radius 2 is 2.19 bits per heavy atom. The van der Waals surface area contributed by atoms with Crippen LogP contribution < -0.4 is 5.32 Å². The van der Waals surface area contributed by atoms with Gasteiger partial charge >= 0.3 is 5.97 Å². The monoisotopic (exact) mass is 306 g/mol. The topological polar surface area (TPSA) is 79.3 Å². The Bertz CT molecular complexity index is 539. The summed E-state index contributed by atoms with van der Waals surface area (Å²) in [4.78, 5) is 26.7. The second-order valence-corrected chi connectivity index (χ2v) is 6.13. The van der Waals surface area contributed by atoms with Crippen molar-refractivity contribution in [2.75, 3.05) is 18.1 Å². The summed E-state index contributed by atoms with van der Waals surface area (Å²) in [6, 6.07) is 1.60. The van der Waals surface area contributed by atoms with Gasteiger partial charge in [-0.05, 0) is 42.4 Å². The predicted octanol–water partition coefficient (Wildman–Crippen LogP) is 2.05. The third kappa shape index (κ3) is 4.90. The number of carboxylic acids is 1. The minimum atomic E-state index is -1.05. The van der Waals surface area contributed by atoms with Crippen molar-refractivity contribution in [3.05, 3.63) is 35.7 Å². The van der Waals surface area contributed by atoms with Crippen LogP contribution in [0.25, 0.3) is 6.08 Å². The molecule has 0 radical (unpaired) electrons. The van der Waals surface area contributed by atoms with Crippen molar-refractivity contribution in [3.8, 4) is 0 Å². The second-order valence-electron chi connectivity index (χ2n) is 4.90. The SMILES string of the molecule is O=C(O)/C=C/c1cnccc1C(=O)NCC1CCSCC1. The summed E-state index contributed by atoms with van der Waals surface area (Å²) in [7, 11) is 0. The lowest BCUT2D eigenvalue weighted by Gasteiger charge is -2.21. The van der Waals surface area contributed by atoms with E-state index in [-0.39, 0.29) is 5.91 Å². The maximum Gasteiger partial charge on any atom is 0.328 e. The highest BCUT2D eigenvalue weighted by Crippen LogP contribution is 2.22. The summed E-state index contributed by atoms with van der Waals surface area (Å²) in [5, 5.41) is 11.6. The van der Waals surface area contributed by atoms with Gasteiger partial charge in [-0.2, -0.15) is 11.8 Å². The molecule has 21 heavy (non-hydrogen) atoms. The Morgan fingerprint density at radius 3 is 2.90 bits per heavy atom. The molecule has 5 nitrogen and oxygen atoms in total. The molecule has 2 heterocycles. The van der Waals surface area contributed by atoms with Gasteiger partial charge in [0.05, 0.1) is 0 Å². The van der Waals surface area contributed by atoms with Crippen LogP contribution in [-0.4, -0.2) is 40.0 Å². The summed E-state index contributed by atoms with van der Waals surface area (Å²) in [5.41, 5.74) is 0.962. The van der Waals surface area contributed by atoms with E-state index in [1.165, 1.54) is 18.5 Å². The van der Waals surface area contributed by atoms with Crippen molar-refractivity contribution in [2.24, 2.45) is 5.92 Å². The molecule has 0 aliphatic carbocycles. The number of thioether (sulfide) groups is 1. The molecule has 1 saturated heterocycles. The van der Waals surface area contributed by atoms with Gasteiger partial charge in [-0.1, -0.05) is 0 Å². The molecule has 6 heteroatoms. The van der Waals surface area contributed by atoms with Gasteiger partial charge < -0.3 is 10.4 Å². The zero-order chi connectivity index (χ0) is 15.1. The van der Waals surface area contributed by atoms with E-state index in [9.17, 15) is 9.59 Å². The van der Waals surface area contributed by atoms with Gasteiger partial charge in [0.15, 0.2) is 0 Å². The number of amides is 1. The largest absolute Gasteiger partial charge is 0.478 e. The highest BCUT2D eigenvalue weighted by atomic mass is 32.2. The van der Waals surface area contributed by atoms with E-state index in [2.05, 4.69) is 10.3 Å². The summed E-state index contributed by atoms with van der Waals surface area (Å²) < 4.78 is 0. The number of carboxylic acid groups (broad SMARTS) is 1. The molecule has 1 aromatic rings. The first-order valence-electron chi connectivity index (χ1n) is 6.88. The molecule has 0 bridgehead atoms. The zero-order valence-corrected chi connectivity index (χ0v) is 12.4. The number of hydrogen-bond acceptors (Lipinski definition) is 4. The van der Waals surface area contributed by atoms with Crippen LogP contribution in [0.4, 0.5) is 0 Å². The van der Waals surface area contributed by atoms with Crippen molar-refractivity contribution < 1.29 is 14.7 Å². The van der Waals surface area contributed by atoms with Crippen LogP contribution in [0.1, 0.15) is 28.8 Å². The van der Waals surface area contributed by atoms with Crippen LogP contribution >= 0.6 is 11.8 Å². The first-order chi connectivity index (χ1) is 10.2. The first-order valence-corrected chi connectivity index (χ1v) is 8.03. The molecule has 1 aliphatic rings. The lowest BCUT2D eigenvalue weighted by Crippen LogP contribution is -2.31. The van der Waals surface area contributed by atoms with Gasteiger partial charge in [0.25, 0.3) is 5.91 Å². The van der Waals surface area contributed by atoms with Crippen molar-refractivity contribution in [1.82, 2.24) is 10.3 Å². The van der Waals surface area contributed by atoms with Gasteiger partial charge in [-0.25, -0.2) is 4.79 Å². The van der Waals surface area contributed by atoms with E-state index in [0.717, 1.165) is 30.4 Å². The number of hydrogen-bond donors (Lipinski definition) is 2. The number of pyridine rings is 1. The quantitative estimate of drug-likeness (QED) is 0.814. The Morgan fingerprint density at radius 1 is 1.43 bits per heavy atom. The Balaban J connectivity index is 1.99. The number of nitrogens with one attached hydrogen (secondary N) is 1. The fraction of sp³-hybridized carbons (Fsp3) is 0.400. The highest BCUT2D eigenvalue weighted by Gasteiger charge is 2.16. The molecular weight excluding hydrogens is 288 g/mol. The molecular formula is C15H18N2O3S. The van der Waals surface area contributed by atoms with E-state index in [1.807, 2.05) is 11.8 Å². The van der Waals surface area contributed by atoms with Crippen molar-refractivity contribution >= 4 is 29.7 Å². The number of aromatic nitrogens is 1. The average molecular weight is 306 g/mol. The average Bonchev–Trinajstić information content (AvgIpc) is 2.52.